The molecular weight excluding hydrogens is 334 g/mol. The van der Waals surface area contributed by atoms with E-state index < -0.39 is 0 Å². The Hall–Kier alpha value is -2.94. The number of allylic oxidation sites excluding steroid dienone is 4. The highest BCUT2D eigenvalue weighted by molar-refractivity contribution is 6.24. The van der Waals surface area contributed by atoms with Gasteiger partial charge in [0.1, 0.15) is 0 Å². The van der Waals surface area contributed by atoms with Crippen LogP contribution in [0.5, 0.6) is 0 Å². The average Bonchev–Trinajstić information content (AvgIpc) is 3.32. The molecule has 3 aliphatic rings. The van der Waals surface area contributed by atoms with Crippen molar-refractivity contribution in [3.63, 3.8) is 0 Å². The van der Waals surface area contributed by atoms with Crippen LogP contribution >= 0.6 is 0 Å². The number of carbonyl (C=O) groups is 2. The van der Waals surface area contributed by atoms with Crippen molar-refractivity contribution in [1.82, 2.24) is 0 Å². The van der Waals surface area contributed by atoms with Crippen LogP contribution in [0.3, 0.4) is 0 Å². The number of carbonyl (C=O) groups excluding carboxylic acids is 2. The minimum Gasteiger partial charge on any atom is -0.274 e. The average molecular weight is 355 g/mol. The number of hydrogen-bond acceptors (Lipinski definition) is 2. The van der Waals surface area contributed by atoms with E-state index in [0.29, 0.717) is 5.69 Å². The molecule has 2 fully saturated rings. The second kappa shape index (κ2) is 5.78. The molecule has 0 spiro atoms. The summed E-state index contributed by atoms with van der Waals surface area (Å²) in [5.74, 6) is -0.443. The van der Waals surface area contributed by atoms with Crippen LogP contribution < -0.4 is 4.90 Å². The smallest absolute Gasteiger partial charge is 0.238 e. The Labute approximate surface area is 159 Å². The maximum atomic E-state index is 13.4. The summed E-state index contributed by atoms with van der Waals surface area (Å²) >= 11 is 0. The molecule has 0 N–H and O–H groups in total. The molecule has 0 unspecified atom stereocenters. The summed E-state index contributed by atoms with van der Waals surface area (Å²) in [5, 5.41) is 0. The van der Waals surface area contributed by atoms with E-state index in [4.69, 9.17) is 0 Å². The van der Waals surface area contributed by atoms with Crippen molar-refractivity contribution in [3.05, 3.63) is 77.9 Å². The summed E-state index contributed by atoms with van der Waals surface area (Å²) in [6.07, 6.45) is 4.26. The van der Waals surface area contributed by atoms with Crippen molar-refractivity contribution >= 4 is 17.5 Å². The van der Waals surface area contributed by atoms with Crippen LogP contribution in [0.15, 0.2) is 77.9 Å². The Kier molecular flexibility index (Phi) is 3.48. The molecule has 3 heteroatoms. The molecule has 2 aromatic rings. The third kappa shape index (κ3) is 2.14. The van der Waals surface area contributed by atoms with Gasteiger partial charge < -0.3 is 0 Å². The van der Waals surface area contributed by atoms with Crippen LogP contribution in [0.1, 0.15) is 13.8 Å². The second-order valence-corrected chi connectivity index (χ2v) is 7.84. The minimum absolute atomic E-state index is 0.0519. The lowest BCUT2D eigenvalue weighted by Crippen LogP contribution is -2.33. The van der Waals surface area contributed by atoms with Gasteiger partial charge in [0.05, 0.1) is 17.5 Å². The molecule has 5 rings (SSSR count). The predicted octanol–water partition coefficient (Wildman–Crippen LogP) is 4.61. The van der Waals surface area contributed by atoms with Crippen LogP contribution in [-0.4, -0.2) is 11.8 Å². The Morgan fingerprint density at radius 2 is 1.33 bits per heavy atom. The van der Waals surface area contributed by atoms with Gasteiger partial charge in [-0.05, 0) is 25.5 Å². The number of fused-ring (bicyclic) bond motifs is 5. The lowest BCUT2D eigenvalue weighted by atomic mass is 9.85. The normalized spacial score (nSPS) is 28.2. The van der Waals surface area contributed by atoms with Gasteiger partial charge >= 0.3 is 0 Å². The van der Waals surface area contributed by atoms with Crippen LogP contribution in [0.2, 0.25) is 0 Å². The van der Waals surface area contributed by atoms with E-state index >= 15 is 0 Å². The number of amides is 2. The quantitative estimate of drug-likeness (QED) is 0.583. The largest absolute Gasteiger partial charge is 0.274 e. The van der Waals surface area contributed by atoms with E-state index in [-0.39, 0.29) is 35.5 Å². The van der Waals surface area contributed by atoms with E-state index in [9.17, 15) is 9.59 Å². The number of anilines is 1. The fourth-order valence-corrected chi connectivity index (χ4v) is 5.20. The fraction of sp³-hybridized carbons (Fsp3) is 0.250. The first-order chi connectivity index (χ1) is 13.1. The standard InChI is InChI=1S/C24H21NO2/c1-14(2)20-17-12-13-18(20)22-21(17)23(26)25(24(22)27)19-11-7-6-10-16(19)15-8-4-3-5-9-15/h3-13,17-18,21-22H,1-2H3/t17-,18-,21-,22-/m1/s1. The van der Waals surface area contributed by atoms with E-state index in [1.807, 2.05) is 54.6 Å². The van der Waals surface area contributed by atoms with E-state index in [1.165, 1.54) is 16.0 Å². The highest BCUT2D eigenvalue weighted by Crippen LogP contribution is 2.57. The van der Waals surface area contributed by atoms with Crippen molar-refractivity contribution in [2.75, 3.05) is 4.90 Å². The topological polar surface area (TPSA) is 37.4 Å². The SMILES string of the molecule is CC(C)=C1[C@H]2C=C[C@H]1[C@H]1C(=O)N(c3ccccc3-c3ccccc3)C(=O)[C@@H]12. The summed E-state index contributed by atoms with van der Waals surface area (Å²) in [6, 6.07) is 17.6. The molecular formula is C24H21NO2. The van der Waals surface area contributed by atoms with E-state index in [2.05, 4.69) is 26.0 Å². The number of benzene rings is 2. The summed E-state index contributed by atoms with van der Waals surface area (Å²) < 4.78 is 0. The molecule has 2 aliphatic carbocycles. The van der Waals surface area contributed by atoms with Crippen LogP contribution in [0.25, 0.3) is 11.1 Å². The zero-order chi connectivity index (χ0) is 18.7. The van der Waals surface area contributed by atoms with Crippen molar-refractivity contribution in [1.29, 1.82) is 0 Å². The maximum Gasteiger partial charge on any atom is 0.238 e. The van der Waals surface area contributed by atoms with Gasteiger partial charge in [-0.15, -0.1) is 0 Å². The Morgan fingerprint density at radius 3 is 1.93 bits per heavy atom. The zero-order valence-corrected chi connectivity index (χ0v) is 15.4. The Bertz CT molecular complexity index is 980. The van der Waals surface area contributed by atoms with Gasteiger partial charge in [-0.3, -0.25) is 9.59 Å². The van der Waals surface area contributed by atoms with Crippen molar-refractivity contribution < 1.29 is 9.59 Å². The number of para-hydroxylation sites is 1. The van der Waals surface area contributed by atoms with Gasteiger partial charge in [-0.2, -0.15) is 0 Å². The van der Waals surface area contributed by atoms with E-state index in [0.717, 1.165) is 11.1 Å². The number of imide groups is 1. The summed E-state index contributed by atoms with van der Waals surface area (Å²) in [4.78, 5) is 28.2. The summed E-state index contributed by atoms with van der Waals surface area (Å²) in [7, 11) is 0. The Morgan fingerprint density at radius 1 is 0.778 bits per heavy atom. The van der Waals surface area contributed by atoms with E-state index in [1.54, 1.807) is 0 Å². The third-order valence-corrected chi connectivity index (χ3v) is 6.22. The van der Waals surface area contributed by atoms with Crippen LogP contribution in [0.4, 0.5) is 5.69 Å². The van der Waals surface area contributed by atoms with Crippen molar-refractivity contribution in [2.24, 2.45) is 23.7 Å². The number of hydrogen-bond donors (Lipinski definition) is 0. The molecule has 1 heterocycles. The maximum absolute atomic E-state index is 13.4. The highest BCUT2D eigenvalue weighted by Gasteiger charge is 2.62. The zero-order valence-electron chi connectivity index (χ0n) is 15.4. The van der Waals surface area contributed by atoms with Gasteiger partial charge in [-0.25, -0.2) is 4.90 Å². The lowest BCUT2D eigenvalue weighted by Gasteiger charge is -2.22. The molecule has 3 nitrogen and oxygen atoms in total. The monoisotopic (exact) mass is 355 g/mol. The Balaban J connectivity index is 1.60. The first-order valence-corrected chi connectivity index (χ1v) is 9.47. The lowest BCUT2D eigenvalue weighted by molar-refractivity contribution is -0.122. The molecule has 0 radical (unpaired) electrons. The second-order valence-electron chi connectivity index (χ2n) is 7.84. The molecule has 1 aliphatic heterocycles. The first kappa shape index (κ1) is 16.2. The third-order valence-electron chi connectivity index (χ3n) is 6.22. The molecule has 1 saturated carbocycles. The molecule has 1 saturated heterocycles. The molecule has 2 bridgehead atoms. The van der Waals surface area contributed by atoms with Crippen LogP contribution in [-0.2, 0) is 9.59 Å². The van der Waals surface area contributed by atoms with Crippen LogP contribution in [0, 0.1) is 23.7 Å². The van der Waals surface area contributed by atoms with Crippen molar-refractivity contribution in [3.8, 4) is 11.1 Å². The number of nitrogens with zero attached hydrogens (tertiary/aromatic N) is 1. The van der Waals surface area contributed by atoms with Gasteiger partial charge in [0.2, 0.25) is 11.8 Å². The fourth-order valence-electron chi connectivity index (χ4n) is 5.20. The number of rotatable bonds is 2. The van der Waals surface area contributed by atoms with Crippen molar-refractivity contribution in [2.45, 2.75) is 13.8 Å². The summed E-state index contributed by atoms with van der Waals surface area (Å²) in [6.45, 7) is 4.17. The molecule has 4 atom stereocenters. The van der Waals surface area contributed by atoms with Gasteiger partial charge in [0.15, 0.2) is 0 Å². The molecule has 0 aromatic heterocycles. The molecule has 2 amide bonds. The molecule has 2 aromatic carbocycles. The molecule has 27 heavy (non-hydrogen) atoms. The summed E-state index contributed by atoms with van der Waals surface area (Å²) in [5.41, 5.74) is 5.15. The first-order valence-electron chi connectivity index (χ1n) is 9.47. The minimum atomic E-state index is -0.249. The highest BCUT2D eigenvalue weighted by atomic mass is 16.2. The molecule has 134 valence electrons. The van der Waals surface area contributed by atoms with Gasteiger partial charge in [0.25, 0.3) is 0 Å². The van der Waals surface area contributed by atoms with Gasteiger partial charge in [0, 0.05) is 17.4 Å². The van der Waals surface area contributed by atoms with Gasteiger partial charge in [-0.1, -0.05) is 71.8 Å². The predicted molar refractivity (Wildman–Crippen MR) is 106 cm³/mol.